The minimum Gasteiger partial charge on any atom is -0.497 e. The molecule has 6 nitrogen and oxygen atoms in total. The molecule has 2 N–H and O–H groups in total. The highest BCUT2D eigenvalue weighted by Crippen LogP contribution is 2.23. The Morgan fingerprint density at radius 1 is 1.15 bits per heavy atom. The molecule has 0 radical (unpaired) electrons. The van der Waals surface area contributed by atoms with Gasteiger partial charge in [-0.1, -0.05) is 18.2 Å². The van der Waals surface area contributed by atoms with Gasteiger partial charge in [0.15, 0.2) is 5.76 Å². The van der Waals surface area contributed by atoms with Gasteiger partial charge in [0.2, 0.25) is 0 Å². The molecular weight excluding hydrogens is 344 g/mol. The highest BCUT2D eigenvalue weighted by molar-refractivity contribution is 5.95. The highest BCUT2D eigenvalue weighted by Gasteiger charge is 2.12. The molecule has 27 heavy (non-hydrogen) atoms. The second kappa shape index (κ2) is 6.99. The summed E-state index contributed by atoms with van der Waals surface area (Å²) < 4.78 is 10.4. The van der Waals surface area contributed by atoms with E-state index in [2.05, 4.69) is 10.3 Å². The fourth-order valence-electron chi connectivity index (χ4n) is 3.14. The number of H-pyrrole nitrogens is 1. The van der Waals surface area contributed by atoms with Crippen molar-refractivity contribution in [3.05, 3.63) is 76.5 Å². The molecule has 0 spiro atoms. The first-order chi connectivity index (χ1) is 13.2. The van der Waals surface area contributed by atoms with Gasteiger partial charge in [-0.15, -0.1) is 0 Å². The first-order valence-electron chi connectivity index (χ1n) is 8.61. The van der Waals surface area contributed by atoms with Crippen LogP contribution in [0.1, 0.15) is 16.1 Å². The maximum atomic E-state index is 12.3. The average Bonchev–Trinajstić information content (AvgIpc) is 3.10. The number of hydrogen-bond acceptors (Lipinski definition) is 4. The first kappa shape index (κ1) is 16.9. The molecule has 1 amide bonds. The first-order valence-corrected chi connectivity index (χ1v) is 8.61. The molecule has 4 aromatic rings. The Morgan fingerprint density at radius 3 is 2.85 bits per heavy atom. The number of ether oxygens (including phenoxy) is 1. The molecule has 0 fully saturated rings. The largest absolute Gasteiger partial charge is 0.497 e. The molecule has 0 aliphatic carbocycles. The molecule has 136 valence electrons. The van der Waals surface area contributed by atoms with Crippen LogP contribution in [0.3, 0.4) is 0 Å². The number of carbonyl (C=O) groups is 1. The zero-order valence-electron chi connectivity index (χ0n) is 14.7. The summed E-state index contributed by atoms with van der Waals surface area (Å²) in [5.41, 5.74) is 1.56. The minimum absolute atomic E-state index is 0.0161. The summed E-state index contributed by atoms with van der Waals surface area (Å²) in [6.07, 6.45) is 2.57. The van der Waals surface area contributed by atoms with Crippen LogP contribution in [0.15, 0.2) is 63.9 Å². The summed E-state index contributed by atoms with van der Waals surface area (Å²) >= 11 is 0. The normalized spacial score (nSPS) is 11.0. The number of benzene rings is 2. The zero-order chi connectivity index (χ0) is 18.8. The van der Waals surface area contributed by atoms with Gasteiger partial charge in [-0.3, -0.25) is 4.79 Å². The SMILES string of the molecule is COc1ccc2c(CCNC(=O)c3cc4ccccc4c(=O)o3)c[nH]c2c1. The molecule has 0 aliphatic rings. The summed E-state index contributed by atoms with van der Waals surface area (Å²) in [5.74, 6) is 0.400. The number of rotatable bonds is 5. The molecule has 2 aromatic carbocycles. The Balaban J connectivity index is 1.46. The Kier molecular flexibility index (Phi) is 4.38. The van der Waals surface area contributed by atoms with Gasteiger partial charge >= 0.3 is 5.63 Å². The molecule has 0 saturated heterocycles. The predicted molar refractivity (Wildman–Crippen MR) is 103 cm³/mol. The number of methoxy groups -OCH3 is 1. The molecule has 0 aliphatic heterocycles. The second-order valence-electron chi connectivity index (χ2n) is 6.22. The van der Waals surface area contributed by atoms with E-state index >= 15 is 0 Å². The highest BCUT2D eigenvalue weighted by atomic mass is 16.5. The number of hydrogen-bond donors (Lipinski definition) is 2. The number of carbonyl (C=O) groups excluding carboxylic acids is 1. The van der Waals surface area contributed by atoms with Crippen molar-refractivity contribution in [1.29, 1.82) is 0 Å². The quantitative estimate of drug-likeness (QED) is 0.571. The maximum absolute atomic E-state index is 12.3. The number of fused-ring (bicyclic) bond motifs is 2. The molecule has 2 aromatic heterocycles. The fraction of sp³-hybridized carbons (Fsp3) is 0.143. The lowest BCUT2D eigenvalue weighted by atomic mass is 10.1. The van der Waals surface area contributed by atoms with Gasteiger partial charge < -0.3 is 19.5 Å². The van der Waals surface area contributed by atoms with E-state index in [1.165, 1.54) is 0 Å². The van der Waals surface area contributed by atoms with E-state index in [-0.39, 0.29) is 5.76 Å². The molecule has 0 unspecified atom stereocenters. The molecule has 0 bridgehead atoms. The van der Waals surface area contributed by atoms with Crippen LogP contribution in [0.2, 0.25) is 0 Å². The van der Waals surface area contributed by atoms with Crippen LogP contribution < -0.4 is 15.7 Å². The number of amides is 1. The van der Waals surface area contributed by atoms with Crippen molar-refractivity contribution in [2.75, 3.05) is 13.7 Å². The lowest BCUT2D eigenvalue weighted by Crippen LogP contribution is -2.26. The van der Waals surface area contributed by atoms with Crippen molar-refractivity contribution >= 4 is 27.6 Å². The van der Waals surface area contributed by atoms with Crippen molar-refractivity contribution in [2.24, 2.45) is 0 Å². The molecule has 4 rings (SSSR count). The number of aromatic nitrogens is 1. The van der Waals surface area contributed by atoms with Gasteiger partial charge in [-0.25, -0.2) is 4.79 Å². The van der Waals surface area contributed by atoms with E-state index in [9.17, 15) is 9.59 Å². The van der Waals surface area contributed by atoms with E-state index in [0.29, 0.717) is 23.7 Å². The van der Waals surface area contributed by atoms with Crippen LogP contribution in [0.25, 0.3) is 21.7 Å². The van der Waals surface area contributed by atoms with Gasteiger partial charge in [0.25, 0.3) is 5.91 Å². The Morgan fingerprint density at radius 2 is 2.00 bits per heavy atom. The minimum atomic E-state index is -0.510. The maximum Gasteiger partial charge on any atom is 0.344 e. The lowest BCUT2D eigenvalue weighted by Gasteiger charge is -2.05. The summed E-state index contributed by atoms with van der Waals surface area (Å²) in [5, 5.41) is 5.04. The monoisotopic (exact) mass is 362 g/mol. The standard InChI is InChI=1S/C21H18N2O4/c1-26-15-6-7-16-14(12-23-18(16)11-15)8-9-22-20(24)19-10-13-4-2-3-5-17(13)21(25)27-19/h2-7,10-12,23H,8-9H2,1H3,(H,22,24). The van der Waals surface area contributed by atoms with Crippen molar-refractivity contribution < 1.29 is 13.9 Å². The summed E-state index contributed by atoms with van der Waals surface area (Å²) in [4.78, 5) is 27.6. The summed E-state index contributed by atoms with van der Waals surface area (Å²) in [6, 6.07) is 14.4. The van der Waals surface area contributed by atoms with Gasteiger partial charge in [-0.2, -0.15) is 0 Å². The molecular formula is C21H18N2O4. The average molecular weight is 362 g/mol. The van der Waals surface area contributed by atoms with E-state index in [4.69, 9.17) is 9.15 Å². The smallest absolute Gasteiger partial charge is 0.344 e. The van der Waals surface area contributed by atoms with Crippen LogP contribution >= 0.6 is 0 Å². The van der Waals surface area contributed by atoms with E-state index in [1.807, 2.05) is 30.5 Å². The zero-order valence-corrected chi connectivity index (χ0v) is 14.7. The lowest BCUT2D eigenvalue weighted by molar-refractivity contribution is 0.0922. The Bertz CT molecular complexity index is 1190. The summed E-state index contributed by atoms with van der Waals surface area (Å²) in [6.45, 7) is 0.425. The summed E-state index contributed by atoms with van der Waals surface area (Å²) in [7, 11) is 1.63. The Hall–Kier alpha value is -3.54. The van der Waals surface area contributed by atoms with Crippen LogP contribution in [0, 0.1) is 0 Å². The number of aromatic amines is 1. The second-order valence-corrected chi connectivity index (χ2v) is 6.22. The Labute approximate surface area is 154 Å². The van der Waals surface area contributed by atoms with Crippen molar-refractivity contribution in [1.82, 2.24) is 10.3 Å². The third kappa shape index (κ3) is 3.29. The third-order valence-electron chi connectivity index (χ3n) is 4.55. The molecule has 0 atom stereocenters. The van der Waals surface area contributed by atoms with E-state index < -0.39 is 11.5 Å². The van der Waals surface area contributed by atoms with Crippen LogP contribution in [-0.2, 0) is 6.42 Å². The van der Waals surface area contributed by atoms with E-state index in [1.54, 1.807) is 31.4 Å². The predicted octanol–water partition coefficient (Wildman–Crippen LogP) is 3.26. The molecule has 0 saturated carbocycles. The van der Waals surface area contributed by atoms with Gasteiger partial charge in [0, 0.05) is 29.7 Å². The van der Waals surface area contributed by atoms with Gasteiger partial charge in [0.05, 0.1) is 12.5 Å². The van der Waals surface area contributed by atoms with Crippen molar-refractivity contribution in [3.8, 4) is 5.75 Å². The van der Waals surface area contributed by atoms with Crippen LogP contribution in [0.4, 0.5) is 0 Å². The fourth-order valence-corrected chi connectivity index (χ4v) is 3.14. The molecule has 6 heteroatoms. The van der Waals surface area contributed by atoms with Crippen LogP contribution in [0.5, 0.6) is 5.75 Å². The van der Waals surface area contributed by atoms with Crippen molar-refractivity contribution in [2.45, 2.75) is 6.42 Å². The number of nitrogens with one attached hydrogen (secondary N) is 2. The third-order valence-corrected chi connectivity index (χ3v) is 4.55. The van der Waals surface area contributed by atoms with E-state index in [0.717, 1.165) is 22.2 Å². The van der Waals surface area contributed by atoms with Gasteiger partial charge in [-0.05, 0) is 41.6 Å². The topological polar surface area (TPSA) is 84.3 Å². The van der Waals surface area contributed by atoms with Gasteiger partial charge in [0.1, 0.15) is 5.75 Å². The molecule has 2 heterocycles. The van der Waals surface area contributed by atoms with Crippen LogP contribution in [-0.4, -0.2) is 24.5 Å². The van der Waals surface area contributed by atoms with Crippen molar-refractivity contribution in [3.63, 3.8) is 0 Å².